The molecule has 1 aromatic rings. The van der Waals surface area contributed by atoms with Gasteiger partial charge >= 0.3 is 5.97 Å². The van der Waals surface area contributed by atoms with Crippen LogP contribution in [0.5, 0.6) is 11.5 Å². The number of fused-ring (bicyclic) bond motifs is 1. The Kier molecular flexibility index (Phi) is 9.21. The lowest BCUT2D eigenvalue weighted by atomic mass is 9.99. The zero-order chi connectivity index (χ0) is 24.8. The van der Waals surface area contributed by atoms with Crippen LogP contribution in [0.25, 0.3) is 6.08 Å². The van der Waals surface area contributed by atoms with Crippen LogP contribution >= 0.6 is 0 Å². The first-order chi connectivity index (χ1) is 15.4. The van der Waals surface area contributed by atoms with E-state index < -0.39 is 45.7 Å². The molecule has 9 nitrogen and oxygen atoms in total. The van der Waals surface area contributed by atoms with Crippen molar-refractivity contribution in [1.29, 1.82) is 0 Å². The minimum Gasteiger partial charge on any atom is -0.507 e. The van der Waals surface area contributed by atoms with E-state index in [1.807, 2.05) is 0 Å². The van der Waals surface area contributed by atoms with E-state index >= 15 is 0 Å². The fourth-order valence-electron chi connectivity index (χ4n) is 3.06. The minimum absolute atomic E-state index is 0.0559. The normalized spacial score (nSPS) is 26.6. The third-order valence-electron chi connectivity index (χ3n) is 5.18. The number of ketones is 1. The number of carbonyl (C=O) groups is 2. The fourth-order valence-corrected chi connectivity index (χ4v) is 3.70. The molecule has 1 aliphatic heterocycles. The van der Waals surface area contributed by atoms with Gasteiger partial charge in [0.15, 0.2) is 5.78 Å². The van der Waals surface area contributed by atoms with Gasteiger partial charge in [-0.25, -0.2) is 13.2 Å². The zero-order valence-corrected chi connectivity index (χ0v) is 19.6. The van der Waals surface area contributed by atoms with E-state index in [0.29, 0.717) is 0 Å². The van der Waals surface area contributed by atoms with Crippen molar-refractivity contribution in [2.75, 3.05) is 18.6 Å². The lowest BCUT2D eigenvalue weighted by molar-refractivity contribution is -0.127. The predicted molar refractivity (Wildman–Crippen MR) is 122 cm³/mol. The SMILES string of the molecule is C[C@@H]1/C=C\C(=O)[C@@H](O)[C@@H](O)C/C=C/c2cc(OCCCS(C)(=O)=O)cc(O)c2C(=O)O[C@H]1C. The highest BCUT2D eigenvalue weighted by Gasteiger charge is 2.25. The summed E-state index contributed by atoms with van der Waals surface area (Å²) in [6, 6.07) is 2.71. The number of hydrogen-bond acceptors (Lipinski definition) is 9. The van der Waals surface area contributed by atoms with Crippen molar-refractivity contribution in [3.05, 3.63) is 41.5 Å². The molecule has 0 bridgehead atoms. The molecular formula is C23H30O9S. The molecule has 0 saturated heterocycles. The van der Waals surface area contributed by atoms with Gasteiger partial charge in [0.1, 0.15) is 39.1 Å². The lowest BCUT2D eigenvalue weighted by Crippen LogP contribution is -2.32. The number of aromatic hydroxyl groups is 1. The molecule has 0 fully saturated rings. The first kappa shape index (κ1) is 26.6. The number of carbonyl (C=O) groups excluding carboxylic acids is 2. The van der Waals surface area contributed by atoms with E-state index in [2.05, 4.69) is 0 Å². The van der Waals surface area contributed by atoms with Gasteiger partial charge in [0, 0.05) is 18.2 Å². The molecule has 2 rings (SSSR count). The van der Waals surface area contributed by atoms with Gasteiger partial charge in [0.2, 0.25) is 0 Å². The van der Waals surface area contributed by atoms with Crippen LogP contribution in [0.4, 0.5) is 0 Å². The van der Waals surface area contributed by atoms with Gasteiger partial charge in [-0.3, -0.25) is 4.79 Å². The van der Waals surface area contributed by atoms with Gasteiger partial charge in [-0.1, -0.05) is 25.2 Å². The topological polar surface area (TPSA) is 147 Å². The van der Waals surface area contributed by atoms with Crippen LogP contribution in [0.15, 0.2) is 30.4 Å². The summed E-state index contributed by atoms with van der Waals surface area (Å²) in [5, 5.41) is 30.7. The Morgan fingerprint density at radius 3 is 2.52 bits per heavy atom. The Morgan fingerprint density at radius 2 is 1.85 bits per heavy atom. The standard InChI is InChI=1S/C23H30O9S/c1-14-8-9-19(25)22(27)18(24)7-4-6-16-12-17(31-10-5-11-33(3,29)30)13-20(26)21(16)23(28)32-15(14)2/h4,6,8-9,12-15,18,22,24,26-27H,5,7,10-11H2,1-3H3/b6-4+,9-8-/t14-,15+,18+,22+/m1/s1. The molecule has 33 heavy (non-hydrogen) atoms. The molecule has 0 saturated carbocycles. The number of phenols is 1. The summed E-state index contributed by atoms with van der Waals surface area (Å²) in [5.41, 5.74) is 0.125. The highest BCUT2D eigenvalue weighted by atomic mass is 32.2. The number of aliphatic hydroxyl groups excluding tert-OH is 2. The predicted octanol–water partition coefficient (Wildman–Crippen LogP) is 1.65. The maximum atomic E-state index is 12.8. The van der Waals surface area contributed by atoms with Gasteiger partial charge in [0.05, 0.1) is 18.5 Å². The summed E-state index contributed by atoms with van der Waals surface area (Å²) in [6.45, 7) is 3.41. The summed E-state index contributed by atoms with van der Waals surface area (Å²) in [5.74, 6) is -2.08. The second-order valence-corrected chi connectivity index (χ2v) is 10.4. The molecule has 1 heterocycles. The number of phenolic OH excluding ortho intramolecular Hbond substituents is 1. The van der Waals surface area contributed by atoms with Gasteiger partial charge in [-0.2, -0.15) is 0 Å². The van der Waals surface area contributed by atoms with Gasteiger partial charge in [-0.15, -0.1) is 0 Å². The van der Waals surface area contributed by atoms with E-state index in [1.54, 1.807) is 13.8 Å². The van der Waals surface area contributed by atoms with Crippen molar-refractivity contribution in [2.45, 2.75) is 45.0 Å². The molecule has 1 aliphatic rings. The molecule has 0 spiro atoms. The third-order valence-corrected chi connectivity index (χ3v) is 6.21. The van der Waals surface area contributed by atoms with Crippen LogP contribution in [0, 0.1) is 5.92 Å². The fraction of sp³-hybridized carbons (Fsp3) is 0.478. The maximum Gasteiger partial charge on any atom is 0.342 e. The average Bonchev–Trinajstić information content (AvgIpc) is 2.72. The number of aliphatic hydroxyl groups is 2. The van der Waals surface area contributed by atoms with Crippen LogP contribution in [0.1, 0.15) is 42.6 Å². The van der Waals surface area contributed by atoms with Gasteiger partial charge in [-0.05, 0) is 37.5 Å². The molecule has 0 aromatic heterocycles. The Bertz CT molecular complexity index is 1030. The molecule has 0 radical (unpaired) electrons. The summed E-state index contributed by atoms with van der Waals surface area (Å²) < 4.78 is 33.5. The van der Waals surface area contributed by atoms with Gasteiger partial charge in [0.25, 0.3) is 0 Å². The van der Waals surface area contributed by atoms with E-state index in [1.165, 1.54) is 30.4 Å². The van der Waals surface area contributed by atoms with Crippen molar-refractivity contribution in [3.63, 3.8) is 0 Å². The van der Waals surface area contributed by atoms with E-state index in [-0.39, 0.29) is 48.0 Å². The molecule has 1 aromatic carbocycles. The maximum absolute atomic E-state index is 12.8. The largest absolute Gasteiger partial charge is 0.507 e. The summed E-state index contributed by atoms with van der Waals surface area (Å²) in [4.78, 5) is 24.9. The van der Waals surface area contributed by atoms with Crippen LogP contribution < -0.4 is 4.74 Å². The second kappa shape index (κ2) is 11.4. The Balaban J connectivity index is 2.37. The molecule has 10 heteroatoms. The summed E-state index contributed by atoms with van der Waals surface area (Å²) in [7, 11) is -3.13. The number of ether oxygens (including phenoxy) is 2. The molecular weight excluding hydrogens is 452 g/mol. The lowest BCUT2D eigenvalue weighted by Gasteiger charge is -2.20. The average molecular weight is 483 g/mol. The van der Waals surface area contributed by atoms with Crippen LogP contribution in [0.2, 0.25) is 0 Å². The quantitative estimate of drug-likeness (QED) is 0.421. The highest BCUT2D eigenvalue weighted by molar-refractivity contribution is 7.90. The molecule has 0 unspecified atom stereocenters. The molecule has 0 amide bonds. The van der Waals surface area contributed by atoms with E-state index in [4.69, 9.17) is 9.47 Å². The number of hydrogen-bond donors (Lipinski definition) is 3. The summed E-state index contributed by atoms with van der Waals surface area (Å²) >= 11 is 0. The number of sulfone groups is 1. The molecule has 3 N–H and O–H groups in total. The number of esters is 1. The van der Waals surface area contributed by atoms with Crippen LogP contribution in [-0.2, 0) is 19.4 Å². The van der Waals surface area contributed by atoms with Crippen molar-refractivity contribution in [3.8, 4) is 11.5 Å². The number of rotatable bonds is 5. The first-order valence-corrected chi connectivity index (χ1v) is 12.6. The van der Waals surface area contributed by atoms with Gasteiger partial charge < -0.3 is 24.8 Å². The molecule has 0 aliphatic carbocycles. The number of benzene rings is 1. The van der Waals surface area contributed by atoms with Crippen molar-refractivity contribution >= 4 is 27.7 Å². The van der Waals surface area contributed by atoms with Crippen molar-refractivity contribution in [1.82, 2.24) is 0 Å². The van der Waals surface area contributed by atoms with E-state index in [9.17, 15) is 33.3 Å². The Morgan fingerprint density at radius 1 is 1.15 bits per heavy atom. The molecule has 182 valence electrons. The monoisotopic (exact) mass is 482 g/mol. The van der Waals surface area contributed by atoms with Crippen LogP contribution in [0.3, 0.4) is 0 Å². The first-order valence-electron chi connectivity index (χ1n) is 10.5. The van der Waals surface area contributed by atoms with Crippen molar-refractivity contribution in [2.24, 2.45) is 5.92 Å². The third kappa shape index (κ3) is 7.99. The summed E-state index contributed by atoms with van der Waals surface area (Å²) in [6.07, 6.45) is 3.15. The second-order valence-electron chi connectivity index (χ2n) is 8.12. The Labute approximate surface area is 193 Å². The highest BCUT2D eigenvalue weighted by Crippen LogP contribution is 2.31. The minimum atomic E-state index is -3.13. The van der Waals surface area contributed by atoms with E-state index in [0.717, 1.165) is 12.3 Å². The molecule has 4 atom stereocenters. The zero-order valence-electron chi connectivity index (χ0n) is 18.8. The number of cyclic esters (lactones) is 1. The Hall–Kier alpha value is -2.69. The van der Waals surface area contributed by atoms with Crippen molar-refractivity contribution < 1.29 is 42.8 Å². The van der Waals surface area contributed by atoms with Crippen LogP contribution in [-0.4, -0.2) is 72.4 Å². The smallest absolute Gasteiger partial charge is 0.342 e.